The predicted octanol–water partition coefficient (Wildman–Crippen LogP) is 3.73. The summed E-state index contributed by atoms with van der Waals surface area (Å²) in [6, 6.07) is 11.3. The number of aromatic nitrogens is 3. The number of hydrogen-bond donors (Lipinski definition) is 1. The SMILES string of the molecule is CC(=O)N1CCCc2cc(NC(=O)c3nnn(-c4ccc(OC(F)F)cc4)c3C)ccc21. The van der Waals surface area contributed by atoms with Gasteiger partial charge in [0.2, 0.25) is 5.91 Å². The summed E-state index contributed by atoms with van der Waals surface area (Å²) in [6.45, 7) is 1.01. The monoisotopic (exact) mass is 441 g/mol. The summed E-state index contributed by atoms with van der Waals surface area (Å²) in [7, 11) is 0. The minimum absolute atomic E-state index is 0.0104. The van der Waals surface area contributed by atoms with Gasteiger partial charge in [0.1, 0.15) is 5.75 Å². The second-order valence-corrected chi connectivity index (χ2v) is 7.38. The van der Waals surface area contributed by atoms with Crippen molar-refractivity contribution in [2.24, 2.45) is 0 Å². The van der Waals surface area contributed by atoms with Crippen LogP contribution >= 0.6 is 0 Å². The van der Waals surface area contributed by atoms with Gasteiger partial charge in [0.05, 0.1) is 11.4 Å². The first-order chi connectivity index (χ1) is 15.3. The van der Waals surface area contributed by atoms with Crippen LogP contribution in [0.3, 0.4) is 0 Å². The summed E-state index contributed by atoms with van der Waals surface area (Å²) in [5, 5.41) is 10.8. The molecule has 1 aliphatic rings. The Morgan fingerprint density at radius 2 is 1.91 bits per heavy atom. The molecule has 10 heteroatoms. The summed E-state index contributed by atoms with van der Waals surface area (Å²) in [5.41, 5.74) is 3.64. The number of nitrogens with zero attached hydrogens (tertiary/aromatic N) is 4. The Labute approximate surface area is 182 Å². The number of anilines is 2. The molecule has 8 nitrogen and oxygen atoms in total. The zero-order valence-corrected chi connectivity index (χ0v) is 17.5. The van der Waals surface area contributed by atoms with Crippen LogP contribution in [0.4, 0.5) is 20.2 Å². The number of ether oxygens (including phenoxy) is 1. The van der Waals surface area contributed by atoms with Gasteiger partial charge >= 0.3 is 6.61 Å². The van der Waals surface area contributed by atoms with Crippen molar-refractivity contribution in [1.29, 1.82) is 0 Å². The van der Waals surface area contributed by atoms with Crippen LogP contribution in [0.15, 0.2) is 42.5 Å². The molecule has 0 saturated heterocycles. The van der Waals surface area contributed by atoms with Crippen LogP contribution in [0.25, 0.3) is 5.69 Å². The number of carbonyl (C=O) groups excluding carboxylic acids is 2. The van der Waals surface area contributed by atoms with Gasteiger partial charge in [-0.05, 0) is 67.8 Å². The highest BCUT2D eigenvalue weighted by molar-refractivity contribution is 6.04. The molecule has 0 spiro atoms. The van der Waals surface area contributed by atoms with E-state index >= 15 is 0 Å². The maximum atomic E-state index is 12.8. The maximum absolute atomic E-state index is 12.8. The number of fused-ring (bicyclic) bond motifs is 1. The Morgan fingerprint density at radius 3 is 2.59 bits per heavy atom. The molecule has 0 saturated carbocycles. The number of halogens is 2. The lowest BCUT2D eigenvalue weighted by Gasteiger charge is -2.28. The molecule has 0 aliphatic carbocycles. The first kappa shape index (κ1) is 21.4. The number of hydrogen-bond acceptors (Lipinski definition) is 5. The molecule has 0 unspecified atom stereocenters. The lowest BCUT2D eigenvalue weighted by molar-refractivity contribution is -0.116. The smallest absolute Gasteiger partial charge is 0.387 e. The fourth-order valence-corrected chi connectivity index (χ4v) is 3.75. The average Bonchev–Trinajstić information content (AvgIpc) is 3.14. The number of carbonyl (C=O) groups is 2. The van der Waals surface area contributed by atoms with Gasteiger partial charge in [0.25, 0.3) is 5.91 Å². The minimum atomic E-state index is -2.90. The van der Waals surface area contributed by atoms with E-state index in [0.717, 1.165) is 24.1 Å². The van der Waals surface area contributed by atoms with Crippen molar-refractivity contribution in [3.8, 4) is 11.4 Å². The standard InChI is InChI=1S/C22H21F2N5O3/c1-13-20(26-27-29(13)17-6-8-18(9-7-17)32-22(23)24)21(31)25-16-5-10-19-15(12-16)4-3-11-28(19)14(2)30/h5-10,12,22H,3-4,11H2,1-2H3,(H,25,31). The fourth-order valence-electron chi connectivity index (χ4n) is 3.75. The molecule has 0 bridgehead atoms. The van der Waals surface area contributed by atoms with E-state index in [4.69, 9.17) is 0 Å². The number of alkyl halides is 2. The molecule has 1 aliphatic heterocycles. The van der Waals surface area contributed by atoms with E-state index < -0.39 is 12.5 Å². The highest BCUT2D eigenvalue weighted by atomic mass is 19.3. The molecule has 0 radical (unpaired) electrons. The van der Waals surface area contributed by atoms with Crippen molar-refractivity contribution in [2.45, 2.75) is 33.3 Å². The van der Waals surface area contributed by atoms with E-state index in [1.807, 2.05) is 12.1 Å². The minimum Gasteiger partial charge on any atom is -0.435 e. The number of nitrogens with one attached hydrogen (secondary N) is 1. The van der Waals surface area contributed by atoms with Crippen LogP contribution in [0.2, 0.25) is 0 Å². The number of benzene rings is 2. The number of amides is 2. The molecule has 1 aromatic heterocycles. The van der Waals surface area contributed by atoms with Crippen molar-refractivity contribution in [1.82, 2.24) is 15.0 Å². The third kappa shape index (κ3) is 4.29. The summed E-state index contributed by atoms with van der Waals surface area (Å²) < 4.78 is 30.4. The quantitative estimate of drug-likeness (QED) is 0.652. The lowest BCUT2D eigenvalue weighted by Crippen LogP contribution is -2.33. The Kier molecular flexibility index (Phi) is 5.85. The molecule has 4 rings (SSSR count). The third-order valence-electron chi connectivity index (χ3n) is 5.25. The maximum Gasteiger partial charge on any atom is 0.387 e. The second-order valence-electron chi connectivity index (χ2n) is 7.38. The summed E-state index contributed by atoms with van der Waals surface area (Å²) >= 11 is 0. The Bertz CT molecular complexity index is 1160. The third-order valence-corrected chi connectivity index (χ3v) is 5.25. The van der Waals surface area contributed by atoms with Crippen molar-refractivity contribution in [3.05, 3.63) is 59.4 Å². The molecule has 2 amide bonds. The van der Waals surface area contributed by atoms with Gasteiger partial charge in [-0.3, -0.25) is 9.59 Å². The highest BCUT2D eigenvalue weighted by Crippen LogP contribution is 2.30. The zero-order valence-electron chi connectivity index (χ0n) is 17.5. The van der Waals surface area contributed by atoms with E-state index in [0.29, 0.717) is 23.6 Å². The van der Waals surface area contributed by atoms with Gasteiger partial charge < -0.3 is 15.0 Å². The van der Waals surface area contributed by atoms with E-state index in [9.17, 15) is 18.4 Å². The van der Waals surface area contributed by atoms with Gasteiger partial charge in [-0.25, -0.2) is 4.68 Å². The van der Waals surface area contributed by atoms with Crippen LogP contribution in [0.5, 0.6) is 5.75 Å². The summed E-state index contributed by atoms with van der Waals surface area (Å²) in [4.78, 5) is 26.4. The predicted molar refractivity (Wildman–Crippen MR) is 113 cm³/mol. The second kappa shape index (κ2) is 8.74. The van der Waals surface area contributed by atoms with Gasteiger partial charge in [-0.15, -0.1) is 5.10 Å². The molecule has 0 atom stereocenters. The van der Waals surface area contributed by atoms with Crippen LogP contribution in [-0.4, -0.2) is 40.0 Å². The molecular weight excluding hydrogens is 420 g/mol. The van der Waals surface area contributed by atoms with Gasteiger partial charge in [-0.2, -0.15) is 8.78 Å². The van der Waals surface area contributed by atoms with Crippen molar-refractivity contribution < 1.29 is 23.1 Å². The van der Waals surface area contributed by atoms with E-state index in [1.165, 1.54) is 23.7 Å². The molecule has 1 N–H and O–H groups in total. The fraction of sp³-hybridized carbons (Fsp3) is 0.273. The van der Waals surface area contributed by atoms with E-state index in [-0.39, 0.29) is 17.4 Å². The molecule has 2 aromatic carbocycles. The van der Waals surface area contributed by atoms with Gasteiger partial charge in [0.15, 0.2) is 5.69 Å². The Balaban J connectivity index is 1.51. The van der Waals surface area contributed by atoms with Crippen molar-refractivity contribution in [2.75, 3.05) is 16.8 Å². The van der Waals surface area contributed by atoms with Crippen molar-refractivity contribution >= 4 is 23.2 Å². The van der Waals surface area contributed by atoms with Crippen LogP contribution in [0.1, 0.15) is 35.1 Å². The van der Waals surface area contributed by atoms with E-state index in [2.05, 4.69) is 20.4 Å². The van der Waals surface area contributed by atoms with Gasteiger partial charge in [0, 0.05) is 24.8 Å². The van der Waals surface area contributed by atoms with Crippen molar-refractivity contribution in [3.63, 3.8) is 0 Å². The molecule has 0 fully saturated rings. The van der Waals surface area contributed by atoms with Crippen LogP contribution in [0, 0.1) is 6.92 Å². The molecule has 2 heterocycles. The number of rotatable bonds is 5. The molecular formula is C22H21F2N5O3. The average molecular weight is 441 g/mol. The lowest BCUT2D eigenvalue weighted by atomic mass is 10.0. The zero-order chi connectivity index (χ0) is 22.8. The largest absolute Gasteiger partial charge is 0.435 e. The molecule has 32 heavy (non-hydrogen) atoms. The first-order valence-corrected chi connectivity index (χ1v) is 10.0. The highest BCUT2D eigenvalue weighted by Gasteiger charge is 2.22. The molecule has 166 valence electrons. The Hall–Kier alpha value is -3.82. The van der Waals surface area contributed by atoms with Crippen LogP contribution in [-0.2, 0) is 11.2 Å². The Morgan fingerprint density at radius 1 is 1.16 bits per heavy atom. The van der Waals surface area contributed by atoms with Gasteiger partial charge in [-0.1, -0.05) is 5.21 Å². The first-order valence-electron chi connectivity index (χ1n) is 10.0. The molecule has 3 aromatic rings. The topological polar surface area (TPSA) is 89.4 Å². The normalized spacial score (nSPS) is 13.1. The van der Waals surface area contributed by atoms with Crippen LogP contribution < -0.4 is 15.0 Å². The summed E-state index contributed by atoms with van der Waals surface area (Å²) in [6.07, 6.45) is 1.68. The number of aryl methyl sites for hydroxylation is 1. The van der Waals surface area contributed by atoms with E-state index in [1.54, 1.807) is 30.0 Å². The summed E-state index contributed by atoms with van der Waals surface area (Å²) in [5.74, 6) is -0.412.